The molecule has 0 radical (unpaired) electrons. The summed E-state index contributed by atoms with van der Waals surface area (Å²) in [6.07, 6.45) is 1.74. The highest BCUT2D eigenvalue weighted by atomic mass is 35.5. The van der Waals surface area contributed by atoms with Gasteiger partial charge in [-0.05, 0) is 36.2 Å². The molecule has 0 aromatic heterocycles. The summed E-state index contributed by atoms with van der Waals surface area (Å²) in [6, 6.07) is 15.6. The third kappa shape index (κ3) is 5.53. The van der Waals surface area contributed by atoms with Gasteiger partial charge < -0.3 is 10.2 Å². The fraction of sp³-hybridized carbons (Fsp3) is 0.143. The van der Waals surface area contributed by atoms with Crippen molar-refractivity contribution in [3.63, 3.8) is 0 Å². The summed E-state index contributed by atoms with van der Waals surface area (Å²) in [5.74, 6) is -1.89. The Balaban J connectivity index is 1.78. The molecule has 9 heteroatoms. The van der Waals surface area contributed by atoms with Gasteiger partial charge in [0, 0.05) is 30.3 Å². The Labute approximate surface area is 178 Å². The lowest BCUT2D eigenvalue weighted by molar-refractivity contribution is -0.142. The Bertz CT molecular complexity index is 1020. The molecule has 0 saturated carbocycles. The molecule has 1 fully saturated rings. The Morgan fingerprint density at radius 1 is 1.20 bits per heavy atom. The van der Waals surface area contributed by atoms with Crippen molar-refractivity contribution < 1.29 is 19.2 Å². The van der Waals surface area contributed by atoms with E-state index in [-0.39, 0.29) is 11.4 Å². The van der Waals surface area contributed by atoms with E-state index >= 15 is 0 Å². The highest BCUT2D eigenvalue weighted by Gasteiger charge is 2.26. The van der Waals surface area contributed by atoms with Crippen molar-refractivity contribution in [2.45, 2.75) is 6.42 Å². The van der Waals surface area contributed by atoms with Gasteiger partial charge in [0.1, 0.15) is 11.4 Å². The van der Waals surface area contributed by atoms with Gasteiger partial charge in [-0.2, -0.15) is 0 Å². The molecule has 1 saturated heterocycles. The van der Waals surface area contributed by atoms with Crippen molar-refractivity contribution in [3.05, 3.63) is 82.5 Å². The van der Waals surface area contributed by atoms with Crippen LogP contribution >= 0.6 is 11.6 Å². The lowest BCUT2D eigenvalue weighted by Gasteiger charge is -2.09. The van der Waals surface area contributed by atoms with Crippen molar-refractivity contribution in [1.29, 1.82) is 0 Å². The van der Waals surface area contributed by atoms with Crippen LogP contribution in [0.5, 0.6) is 0 Å². The van der Waals surface area contributed by atoms with Gasteiger partial charge >= 0.3 is 5.97 Å². The molecule has 2 N–H and O–H groups in total. The number of rotatable bonds is 6. The summed E-state index contributed by atoms with van der Waals surface area (Å²) in [5, 5.41) is 4.60. The molecule has 0 aliphatic carbocycles. The van der Waals surface area contributed by atoms with Crippen LogP contribution in [-0.4, -0.2) is 42.1 Å². The molecule has 154 valence electrons. The molecular weight excluding hydrogens is 408 g/mol. The minimum atomic E-state index is -0.691. The predicted molar refractivity (Wildman–Crippen MR) is 111 cm³/mol. The van der Waals surface area contributed by atoms with E-state index in [0.29, 0.717) is 23.6 Å². The van der Waals surface area contributed by atoms with Gasteiger partial charge in [-0.1, -0.05) is 47.5 Å². The lowest BCUT2D eigenvalue weighted by atomic mass is 10.1. The maximum atomic E-state index is 12.7. The summed E-state index contributed by atoms with van der Waals surface area (Å²) >= 11 is 5.97. The molecule has 30 heavy (non-hydrogen) atoms. The summed E-state index contributed by atoms with van der Waals surface area (Å²) in [7, 11) is 1.53. The van der Waals surface area contributed by atoms with Gasteiger partial charge in [0.25, 0.3) is 11.8 Å². The van der Waals surface area contributed by atoms with E-state index < -0.39 is 17.8 Å². The van der Waals surface area contributed by atoms with E-state index in [0.717, 1.165) is 5.56 Å². The summed E-state index contributed by atoms with van der Waals surface area (Å²) < 4.78 is 0. The Kier molecular flexibility index (Phi) is 6.95. The minimum absolute atomic E-state index is 0.0413. The number of hydrazine groups is 1. The number of nitrogens with zero attached hydrogens (tertiary/aromatic N) is 2. The van der Waals surface area contributed by atoms with Crippen LogP contribution in [-0.2, 0) is 20.8 Å². The average molecular weight is 427 g/mol. The standard InChI is InChI=1S/C21H19ClN4O4/c1-26-18(21(29)30-25-26)13-17(24-19(27)15-7-3-2-4-8-15)20(28)23-11-10-14-6-5-9-16(22)12-14/h2-9,12-13,25H,10-11H2,1H3,(H,23,28)/b18-13+,24-17?. The third-order valence-electron chi connectivity index (χ3n) is 4.18. The van der Waals surface area contributed by atoms with Gasteiger partial charge in [0.2, 0.25) is 0 Å². The lowest BCUT2D eigenvalue weighted by Crippen LogP contribution is -2.33. The van der Waals surface area contributed by atoms with Crippen molar-refractivity contribution in [3.8, 4) is 0 Å². The fourth-order valence-electron chi connectivity index (χ4n) is 2.64. The van der Waals surface area contributed by atoms with E-state index in [1.54, 1.807) is 42.5 Å². The van der Waals surface area contributed by atoms with Crippen LogP contribution in [0.25, 0.3) is 0 Å². The Morgan fingerprint density at radius 2 is 1.97 bits per heavy atom. The molecule has 0 atom stereocenters. The zero-order valence-electron chi connectivity index (χ0n) is 16.1. The highest BCUT2D eigenvalue weighted by molar-refractivity contribution is 6.45. The molecule has 3 rings (SSSR count). The van der Waals surface area contributed by atoms with Crippen molar-refractivity contribution in [1.82, 2.24) is 15.9 Å². The van der Waals surface area contributed by atoms with Gasteiger partial charge in [-0.3, -0.25) is 14.6 Å². The van der Waals surface area contributed by atoms with E-state index in [1.165, 1.54) is 18.1 Å². The molecule has 0 spiro atoms. The monoisotopic (exact) mass is 426 g/mol. The van der Waals surface area contributed by atoms with Crippen LogP contribution < -0.4 is 10.9 Å². The fourth-order valence-corrected chi connectivity index (χ4v) is 2.85. The van der Waals surface area contributed by atoms with Crippen LogP contribution in [0, 0.1) is 0 Å². The first-order valence-electron chi connectivity index (χ1n) is 9.07. The number of nitrogens with one attached hydrogen (secondary N) is 2. The number of likely N-dealkylation sites (N-methyl/N-ethyl adjacent to an activating group) is 1. The second-order valence-electron chi connectivity index (χ2n) is 6.37. The summed E-state index contributed by atoms with van der Waals surface area (Å²) in [6.45, 7) is 0.291. The molecule has 1 aliphatic heterocycles. The van der Waals surface area contributed by atoms with Crippen LogP contribution in [0.2, 0.25) is 5.02 Å². The molecule has 1 heterocycles. The first-order valence-corrected chi connectivity index (χ1v) is 9.45. The number of hydrogen-bond acceptors (Lipinski definition) is 6. The average Bonchev–Trinajstić information content (AvgIpc) is 3.05. The SMILES string of the molecule is CN1NOC(=O)/C1=C\C(=NC(=O)c1ccccc1)C(=O)NCCc1cccc(Cl)c1. The normalized spacial score (nSPS) is 15.3. The number of halogens is 1. The zero-order chi connectivity index (χ0) is 21.5. The van der Waals surface area contributed by atoms with Crippen LogP contribution in [0.3, 0.4) is 0 Å². The molecular formula is C21H19ClN4O4. The summed E-state index contributed by atoms with van der Waals surface area (Å²) in [4.78, 5) is 45.6. The largest absolute Gasteiger partial charge is 0.376 e. The van der Waals surface area contributed by atoms with Gasteiger partial charge in [-0.25, -0.2) is 9.79 Å². The quantitative estimate of drug-likeness (QED) is 0.542. The third-order valence-corrected chi connectivity index (χ3v) is 4.42. The minimum Gasteiger partial charge on any atom is -0.350 e. The smallest absolute Gasteiger partial charge is 0.350 e. The van der Waals surface area contributed by atoms with E-state index in [4.69, 9.17) is 11.6 Å². The van der Waals surface area contributed by atoms with Crippen molar-refractivity contribution >= 4 is 35.1 Å². The number of hydrogen-bond donors (Lipinski definition) is 2. The summed E-state index contributed by atoms with van der Waals surface area (Å²) in [5.41, 5.74) is 3.45. The topological polar surface area (TPSA) is 100 Å². The van der Waals surface area contributed by atoms with Crippen LogP contribution in [0.4, 0.5) is 0 Å². The number of benzene rings is 2. The second kappa shape index (κ2) is 9.82. The van der Waals surface area contributed by atoms with Crippen LogP contribution in [0.15, 0.2) is 71.4 Å². The zero-order valence-corrected chi connectivity index (χ0v) is 16.8. The van der Waals surface area contributed by atoms with Crippen LogP contribution in [0.1, 0.15) is 15.9 Å². The predicted octanol–water partition coefficient (Wildman–Crippen LogP) is 2.07. The maximum Gasteiger partial charge on any atom is 0.376 e. The second-order valence-corrected chi connectivity index (χ2v) is 6.81. The molecule has 1 aliphatic rings. The first kappa shape index (κ1) is 21.2. The molecule has 0 bridgehead atoms. The van der Waals surface area contributed by atoms with Gasteiger partial charge in [-0.15, -0.1) is 0 Å². The first-order chi connectivity index (χ1) is 14.4. The number of carbonyl (C=O) groups excluding carboxylic acids is 3. The van der Waals surface area contributed by atoms with Crippen molar-refractivity contribution in [2.75, 3.05) is 13.6 Å². The van der Waals surface area contributed by atoms with E-state index in [9.17, 15) is 14.4 Å². The Hall–Kier alpha value is -3.49. The van der Waals surface area contributed by atoms with E-state index in [1.807, 2.05) is 12.1 Å². The van der Waals surface area contributed by atoms with Gasteiger partial charge in [0.05, 0.1) is 0 Å². The van der Waals surface area contributed by atoms with E-state index in [2.05, 4.69) is 20.7 Å². The molecule has 2 amide bonds. The molecule has 2 aromatic rings. The van der Waals surface area contributed by atoms with Gasteiger partial charge in [0.15, 0.2) is 0 Å². The number of carbonyl (C=O) groups is 3. The molecule has 2 aromatic carbocycles. The highest BCUT2D eigenvalue weighted by Crippen LogP contribution is 2.11. The Morgan fingerprint density at radius 3 is 2.63 bits per heavy atom. The molecule has 0 unspecified atom stereocenters. The number of amides is 2. The maximum absolute atomic E-state index is 12.7. The number of aliphatic imine (C=N–C) groups is 1. The van der Waals surface area contributed by atoms with Crippen molar-refractivity contribution in [2.24, 2.45) is 4.99 Å². The molecule has 8 nitrogen and oxygen atoms in total.